The molecule has 2 N–H and O–H groups in total. The molecular formula is C29H32N4O3. The zero-order valence-corrected chi connectivity index (χ0v) is 20.5. The first-order valence-corrected chi connectivity index (χ1v) is 12.9. The van der Waals surface area contributed by atoms with E-state index in [1.54, 1.807) is 12.1 Å². The van der Waals surface area contributed by atoms with Crippen LogP contribution in [0.2, 0.25) is 0 Å². The van der Waals surface area contributed by atoms with E-state index in [2.05, 4.69) is 16.3 Å². The number of fused-ring (bicyclic) bond motifs is 1. The highest BCUT2D eigenvalue weighted by Gasteiger charge is 2.30. The van der Waals surface area contributed by atoms with Crippen LogP contribution in [-0.4, -0.2) is 54.6 Å². The Morgan fingerprint density at radius 1 is 1.14 bits per heavy atom. The topological polar surface area (TPSA) is 98.0 Å². The molecule has 7 heteroatoms. The van der Waals surface area contributed by atoms with E-state index in [0.29, 0.717) is 30.4 Å². The van der Waals surface area contributed by atoms with Crippen molar-refractivity contribution in [2.75, 3.05) is 32.8 Å². The fraction of sp³-hybridized carbons (Fsp3) is 0.414. The number of rotatable bonds is 4. The molecule has 1 aliphatic carbocycles. The molecule has 1 saturated heterocycles. The summed E-state index contributed by atoms with van der Waals surface area (Å²) in [7, 11) is 0. The van der Waals surface area contributed by atoms with Crippen LogP contribution >= 0.6 is 0 Å². The number of para-hydroxylation sites is 1. The van der Waals surface area contributed by atoms with Gasteiger partial charge in [-0.2, -0.15) is 5.26 Å². The van der Waals surface area contributed by atoms with Crippen molar-refractivity contribution in [3.8, 4) is 22.9 Å². The molecule has 1 saturated carbocycles. The third kappa shape index (κ3) is 5.14. The Kier molecular flexibility index (Phi) is 7.33. The van der Waals surface area contributed by atoms with Crippen LogP contribution in [0.4, 0.5) is 5.69 Å². The van der Waals surface area contributed by atoms with E-state index in [0.717, 1.165) is 61.4 Å². The summed E-state index contributed by atoms with van der Waals surface area (Å²) >= 11 is 0. The molecule has 36 heavy (non-hydrogen) atoms. The lowest BCUT2D eigenvalue weighted by Crippen LogP contribution is -2.47. The second-order valence-corrected chi connectivity index (χ2v) is 9.78. The number of nitrogens with zero attached hydrogens (tertiary/aromatic N) is 3. The molecule has 0 atom stereocenters. The van der Waals surface area contributed by atoms with E-state index in [4.69, 9.17) is 9.73 Å². The molecule has 0 spiro atoms. The predicted octanol–water partition coefficient (Wildman–Crippen LogP) is 4.49. The molecular weight excluding hydrogens is 452 g/mol. The predicted molar refractivity (Wildman–Crippen MR) is 139 cm³/mol. The second-order valence-electron chi connectivity index (χ2n) is 9.78. The summed E-state index contributed by atoms with van der Waals surface area (Å²) < 4.78 is 5.67. The summed E-state index contributed by atoms with van der Waals surface area (Å²) in [5.74, 6) is 0.723. The van der Waals surface area contributed by atoms with E-state index in [-0.39, 0.29) is 11.3 Å². The lowest BCUT2D eigenvalue weighted by atomic mass is 9.90. The average molecular weight is 485 g/mol. The van der Waals surface area contributed by atoms with E-state index in [9.17, 15) is 15.2 Å². The zero-order valence-electron chi connectivity index (χ0n) is 20.5. The number of carbonyl (C=O) groups is 1. The van der Waals surface area contributed by atoms with Gasteiger partial charge in [0.05, 0.1) is 12.3 Å². The number of esters is 1. The van der Waals surface area contributed by atoms with Crippen LogP contribution in [0, 0.1) is 17.2 Å². The van der Waals surface area contributed by atoms with Crippen LogP contribution in [0.5, 0.6) is 5.75 Å². The van der Waals surface area contributed by atoms with Gasteiger partial charge in [0.1, 0.15) is 23.2 Å². The van der Waals surface area contributed by atoms with Gasteiger partial charge < -0.3 is 20.1 Å². The van der Waals surface area contributed by atoms with Crippen molar-refractivity contribution in [3.05, 3.63) is 59.2 Å². The van der Waals surface area contributed by atoms with Crippen LogP contribution in [0.1, 0.15) is 37.7 Å². The molecule has 2 aromatic rings. The summed E-state index contributed by atoms with van der Waals surface area (Å²) in [6, 6.07) is 15.3. The highest BCUT2D eigenvalue weighted by molar-refractivity contribution is 6.10. The number of nitriles is 1. The number of phenols is 1. The zero-order chi connectivity index (χ0) is 24.9. The Balaban J connectivity index is 1.49. The molecule has 0 bridgehead atoms. The number of amidine groups is 1. The SMILES string of the molecule is N#C/C(C(=O)OCC1CCCCC1)=C1/Cc2ccc(-c3ccccc3O)cc2N=C1N1CCNCC1. The molecule has 7 nitrogen and oxygen atoms in total. The number of aromatic hydroxyl groups is 1. The van der Waals surface area contributed by atoms with Crippen molar-refractivity contribution in [2.24, 2.45) is 10.9 Å². The van der Waals surface area contributed by atoms with E-state index < -0.39 is 5.97 Å². The number of hydrogen-bond donors (Lipinski definition) is 2. The quantitative estimate of drug-likeness (QED) is 0.377. The Morgan fingerprint density at radius 2 is 1.92 bits per heavy atom. The number of nitrogens with one attached hydrogen (secondary N) is 1. The number of ether oxygens (including phenoxy) is 1. The van der Waals surface area contributed by atoms with Crippen LogP contribution < -0.4 is 5.32 Å². The number of benzene rings is 2. The molecule has 0 amide bonds. The summed E-state index contributed by atoms with van der Waals surface area (Å²) in [6.07, 6.45) is 6.17. The summed E-state index contributed by atoms with van der Waals surface area (Å²) in [5.41, 5.74) is 4.03. The smallest absolute Gasteiger partial charge is 0.349 e. The van der Waals surface area contributed by atoms with Crippen LogP contribution in [0.15, 0.2) is 58.6 Å². The Hall–Kier alpha value is -3.63. The van der Waals surface area contributed by atoms with Crippen LogP contribution in [-0.2, 0) is 16.0 Å². The number of hydrogen-bond acceptors (Lipinski definition) is 7. The van der Waals surface area contributed by atoms with Gasteiger partial charge >= 0.3 is 5.97 Å². The fourth-order valence-electron chi connectivity index (χ4n) is 5.35. The van der Waals surface area contributed by atoms with E-state index >= 15 is 0 Å². The second kappa shape index (κ2) is 11.0. The maximum atomic E-state index is 13.1. The van der Waals surface area contributed by atoms with Crippen molar-refractivity contribution in [1.29, 1.82) is 5.26 Å². The van der Waals surface area contributed by atoms with Crippen molar-refractivity contribution in [2.45, 2.75) is 38.5 Å². The van der Waals surface area contributed by atoms with Gasteiger partial charge in [-0.25, -0.2) is 9.79 Å². The first-order valence-electron chi connectivity index (χ1n) is 12.9. The largest absolute Gasteiger partial charge is 0.507 e. The lowest BCUT2D eigenvalue weighted by molar-refractivity contribution is -0.140. The molecule has 2 fully saturated rings. The highest BCUT2D eigenvalue weighted by atomic mass is 16.5. The van der Waals surface area contributed by atoms with Crippen molar-refractivity contribution < 1.29 is 14.6 Å². The molecule has 0 radical (unpaired) electrons. The standard InChI is InChI=1S/C29H32N4O3/c30-18-25(29(35)36-19-20-6-2-1-3-7-20)24-16-22-11-10-21(23-8-4-5-9-27(23)34)17-26(22)32-28(24)33-14-12-31-13-15-33/h4-5,8-11,17,20,31,34H,1-3,6-7,12-16,19H2/b25-24+. The number of carbonyl (C=O) groups excluding carboxylic acids is 1. The van der Waals surface area contributed by atoms with Gasteiger partial charge in [0.25, 0.3) is 0 Å². The normalized spacial score (nSPS) is 19.6. The molecule has 0 aromatic heterocycles. The minimum Gasteiger partial charge on any atom is -0.507 e. The Labute approximate surface area is 212 Å². The average Bonchev–Trinajstić information content (AvgIpc) is 2.93. The third-order valence-electron chi connectivity index (χ3n) is 7.37. The molecule has 3 aliphatic rings. The molecule has 2 heterocycles. The van der Waals surface area contributed by atoms with Gasteiger partial charge in [-0.1, -0.05) is 49.6 Å². The molecule has 186 valence electrons. The molecule has 2 aliphatic heterocycles. The summed E-state index contributed by atoms with van der Waals surface area (Å²) in [4.78, 5) is 20.2. The van der Waals surface area contributed by atoms with Crippen molar-refractivity contribution in [3.63, 3.8) is 0 Å². The highest BCUT2D eigenvalue weighted by Crippen LogP contribution is 2.37. The van der Waals surface area contributed by atoms with Gasteiger partial charge in [-0.15, -0.1) is 0 Å². The van der Waals surface area contributed by atoms with Crippen LogP contribution in [0.25, 0.3) is 11.1 Å². The number of phenolic OH excluding ortho intramolecular Hbond substituents is 1. The molecule has 2 aromatic carbocycles. The monoisotopic (exact) mass is 484 g/mol. The first kappa shape index (κ1) is 24.1. The maximum Gasteiger partial charge on any atom is 0.349 e. The lowest BCUT2D eigenvalue weighted by Gasteiger charge is -2.34. The Bertz CT molecular complexity index is 1230. The van der Waals surface area contributed by atoms with Gasteiger partial charge in [0.15, 0.2) is 0 Å². The van der Waals surface area contributed by atoms with Gasteiger partial charge in [-0.3, -0.25) is 0 Å². The van der Waals surface area contributed by atoms with Crippen LogP contribution in [0.3, 0.4) is 0 Å². The minimum atomic E-state index is -0.546. The third-order valence-corrected chi connectivity index (χ3v) is 7.37. The fourth-order valence-corrected chi connectivity index (χ4v) is 5.35. The Morgan fingerprint density at radius 3 is 2.67 bits per heavy atom. The van der Waals surface area contributed by atoms with E-state index in [1.165, 1.54) is 19.3 Å². The minimum absolute atomic E-state index is 0.0542. The van der Waals surface area contributed by atoms with Gasteiger partial charge in [0.2, 0.25) is 0 Å². The molecule has 0 unspecified atom stereocenters. The number of aliphatic imine (C=N–C) groups is 1. The molecule has 5 rings (SSSR count). The maximum absolute atomic E-state index is 13.1. The summed E-state index contributed by atoms with van der Waals surface area (Å²) in [5, 5.41) is 23.7. The van der Waals surface area contributed by atoms with E-state index in [1.807, 2.05) is 30.3 Å². The van der Waals surface area contributed by atoms with Crippen molar-refractivity contribution in [1.82, 2.24) is 10.2 Å². The first-order chi connectivity index (χ1) is 17.6. The van der Waals surface area contributed by atoms with Gasteiger partial charge in [-0.05, 0) is 42.0 Å². The summed E-state index contributed by atoms with van der Waals surface area (Å²) in [6.45, 7) is 3.48. The van der Waals surface area contributed by atoms with Gasteiger partial charge in [0, 0.05) is 43.7 Å². The van der Waals surface area contributed by atoms with Crippen molar-refractivity contribution >= 4 is 17.5 Å². The number of piperazine rings is 1.